The Morgan fingerprint density at radius 3 is 2.92 bits per heavy atom. The van der Waals surface area contributed by atoms with Gasteiger partial charge in [0, 0.05) is 30.9 Å². The third-order valence-corrected chi connectivity index (χ3v) is 5.21. The molecule has 0 bridgehead atoms. The molecule has 2 heterocycles. The van der Waals surface area contributed by atoms with Gasteiger partial charge in [-0.05, 0) is 19.2 Å². The molecule has 0 radical (unpaired) electrons. The zero-order chi connectivity index (χ0) is 16.9. The number of nitrogens with one attached hydrogen (secondary N) is 1. The summed E-state index contributed by atoms with van der Waals surface area (Å²) in [5, 5.41) is 3.69. The molecule has 24 heavy (non-hydrogen) atoms. The molecule has 0 unspecified atom stereocenters. The van der Waals surface area contributed by atoms with Crippen LogP contribution in [0.3, 0.4) is 0 Å². The quantitative estimate of drug-likeness (QED) is 0.875. The Hall–Kier alpha value is -1.76. The number of thiazole rings is 1. The van der Waals surface area contributed by atoms with Crippen LogP contribution in [0.2, 0.25) is 0 Å². The lowest BCUT2D eigenvalue weighted by Crippen LogP contribution is -2.30. The van der Waals surface area contributed by atoms with E-state index < -0.39 is 0 Å². The van der Waals surface area contributed by atoms with Crippen molar-refractivity contribution in [3.63, 3.8) is 0 Å². The largest absolute Gasteiger partial charge is 0.301 e. The Morgan fingerprint density at radius 1 is 1.38 bits per heavy atom. The monoisotopic (exact) mass is 344 g/mol. The third-order valence-electron chi connectivity index (χ3n) is 4.21. The van der Waals surface area contributed by atoms with Gasteiger partial charge in [0.25, 0.3) is 0 Å². The standard InChI is InChI=1S/C18H24N4OS/c1-3-22-10-9-15-16(12-22)24-18(19-15)20-17(23)13-21(2)11-14-7-5-4-6-8-14/h4-8H,3,9-13H2,1-2H3,(H,19,20,23). The molecule has 6 heteroatoms. The van der Waals surface area contributed by atoms with Gasteiger partial charge >= 0.3 is 0 Å². The lowest BCUT2D eigenvalue weighted by Gasteiger charge is -2.23. The molecule has 3 rings (SSSR count). The molecule has 1 N–H and O–H groups in total. The molecule has 0 fully saturated rings. The highest BCUT2D eigenvalue weighted by molar-refractivity contribution is 7.15. The summed E-state index contributed by atoms with van der Waals surface area (Å²) in [6, 6.07) is 10.2. The van der Waals surface area contributed by atoms with Crippen LogP contribution in [0.5, 0.6) is 0 Å². The van der Waals surface area contributed by atoms with Gasteiger partial charge < -0.3 is 5.32 Å². The minimum atomic E-state index is -0.00752. The number of nitrogens with zero attached hydrogens (tertiary/aromatic N) is 3. The van der Waals surface area contributed by atoms with Crippen molar-refractivity contribution in [2.75, 3.05) is 32.0 Å². The smallest absolute Gasteiger partial charge is 0.240 e. The first-order valence-electron chi connectivity index (χ1n) is 8.37. The average Bonchev–Trinajstić information content (AvgIpc) is 2.96. The van der Waals surface area contributed by atoms with Gasteiger partial charge in [-0.15, -0.1) is 11.3 Å². The van der Waals surface area contributed by atoms with E-state index in [1.807, 2.05) is 30.1 Å². The number of fused-ring (bicyclic) bond motifs is 1. The minimum absolute atomic E-state index is 0.00752. The lowest BCUT2D eigenvalue weighted by molar-refractivity contribution is -0.117. The SMILES string of the molecule is CCN1CCc2nc(NC(=O)CN(C)Cc3ccccc3)sc2C1. The van der Waals surface area contributed by atoms with Crippen LogP contribution in [0.1, 0.15) is 23.1 Å². The predicted molar refractivity (Wildman–Crippen MR) is 98.2 cm³/mol. The maximum atomic E-state index is 12.2. The minimum Gasteiger partial charge on any atom is -0.301 e. The van der Waals surface area contributed by atoms with E-state index in [0.29, 0.717) is 6.54 Å². The molecular formula is C18H24N4OS. The van der Waals surface area contributed by atoms with E-state index in [1.165, 1.54) is 10.4 Å². The zero-order valence-electron chi connectivity index (χ0n) is 14.3. The van der Waals surface area contributed by atoms with Crippen LogP contribution in [0, 0.1) is 0 Å². The van der Waals surface area contributed by atoms with Crippen molar-refractivity contribution in [2.45, 2.75) is 26.4 Å². The summed E-state index contributed by atoms with van der Waals surface area (Å²) in [6.07, 6.45) is 0.976. The molecule has 0 atom stereocenters. The van der Waals surface area contributed by atoms with Crippen molar-refractivity contribution in [3.8, 4) is 0 Å². The van der Waals surface area contributed by atoms with Crippen LogP contribution in [-0.4, -0.2) is 47.4 Å². The second-order valence-electron chi connectivity index (χ2n) is 6.21. The molecule has 5 nitrogen and oxygen atoms in total. The second-order valence-corrected chi connectivity index (χ2v) is 7.30. The first-order chi connectivity index (χ1) is 11.6. The van der Waals surface area contributed by atoms with Crippen LogP contribution in [0.25, 0.3) is 0 Å². The molecule has 0 saturated carbocycles. The van der Waals surface area contributed by atoms with E-state index in [0.717, 1.165) is 43.4 Å². The normalized spacial score (nSPS) is 14.6. The number of carbonyl (C=O) groups excluding carboxylic acids is 1. The molecule has 1 aliphatic rings. The number of likely N-dealkylation sites (N-methyl/N-ethyl adjacent to an activating group) is 2. The van der Waals surface area contributed by atoms with Gasteiger partial charge in [0.05, 0.1) is 12.2 Å². The highest BCUT2D eigenvalue weighted by Gasteiger charge is 2.20. The van der Waals surface area contributed by atoms with Crippen molar-refractivity contribution in [1.29, 1.82) is 0 Å². The maximum Gasteiger partial charge on any atom is 0.240 e. The van der Waals surface area contributed by atoms with Crippen molar-refractivity contribution < 1.29 is 4.79 Å². The molecule has 0 aliphatic carbocycles. The molecule has 2 aromatic rings. The molecule has 0 saturated heterocycles. The van der Waals surface area contributed by atoms with Gasteiger partial charge in [0.15, 0.2) is 5.13 Å². The summed E-state index contributed by atoms with van der Waals surface area (Å²) in [7, 11) is 1.96. The summed E-state index contributed by atoms with van der Waals surface area (Å²) < 4.78 is 0. The Balaban J connectivity index is 1.53. The van der Waals surface area contributed by atoms with Gasteiger partial charge in [0.2, 0.25) is 5.91 Å². The molecule has 1 aromatic heterocycles. The fourth-order valence-corrected chi connectivity index (χ4v) is 3.99. The summed E-state index contributed by atoms with van der Waals surface area (Å²) in [4.78, 5) is 22.5. The Morgan fingerprint density at radius 2 is 2.17 bits per heavy atom. The highest BCUT2D eigenvalue weighted by atomic mass is 32.1. The molecule has 1 aliphatic heterocycles. The van der Waals surface area contributed by atoms with Crippen molar-refractivity contribution >= 4 is 22.4 Å². The first-order valence-corrected chi connectivity index (χ1v) is 9.19. The highest BCUT2D eigenvalue weighted by Crippen LogP contribution is 2.28. The molecular weight excluding hydrogens is 320 g/mol. The summed E-state index contributed by atoms with van der Waals surface area (Å²) in [6.45, 7) is 6.36. The van der Waals surface area contributed by atoms with Crippen LogP contribution in [0.15, 0.2) is 30.3 Å². The van der Waals surface area contributed by atoms with E-state index >= 15 is 0 Å². The topological polar surface area (TPSA) is 48.5 Å². The molecule has 1 amide bonds. The number of rotatable bonds is 6. The van der Waals surface area contributed by atoms with Crippen LogP contribution in [0.4, 0.5) is 5.13 Å². The van der Waals surface area contributed by atoms with Gasteiger partial charge in [-0.3, -0.25) is 14.6 Å². The number of aromatic nitrogens is 1. The van der Waals surface area contributed by atoms with Crippen LogP contribution in [-0.2, 0) is 24.3 Å². The number of carbonyl (C=O) groups is 1. The predicted octanol–water partition coefficient (Wildman–Crippen LogP) is 2.59. The molecule has 0 spiro atoms. The van der Waals surface area contributed by atoms with E-state index in [2.05, 4.69) is 34.3 Å². The third kappa shape index (κ3) is 4.41. The first kappa shape index (κ1) is 17.1. The summed E-state index contributed by atoms with van der Waals surface area (Å²) >= 11 is 1.61. The Bertz CT molecular complexity index is 686. The van der Waals surface area contributed by atoms with E-state index in [1.54, 1.807) is 11.3 Å². The van der Waals surface area contributed by atoms with Crippen molar-refractivity contribution in [3.05, 3.63) is 46.5 Å². The number of hydrogen-bond donors (Lipinski definition) is 1. The Labute approximate surface area is 147 Å². The van der Waals surface area contributed by atoms with Gasteiger partial charge in [-0.1, -0.05) is 37.3 Å². The van der Waals surface area contributed by atoms with Crippen LogP contribution < -0.4 is 5.32 Å². The van der Waals surface area contributed by atoms with Crippen LogP contribution >= 0.6 is 11.3 Å². The van der Waals surface area contributed by atoms with E-state index in [-0.39, 0.29) is 5.91 Å². The van der Waals surface area contributed by atoms with Gasteiger partial charge in [0.1, 0.15) is 0 Å². The second kappa shape index (κ2) is 7.88. The lowest BCUT2D eigenvalue weighted by atomic mass is 10.2. The number of amides is 1. The van der Waals surface area contributed by atoms with Crippen molar-refractivity contribution in [1.82, 2.24) is 14.8 Å². The van der Waals surface area contributed by atoms with Gasteiger partial charge in [-0.25, -0.2) is 4.98 Å². The summed E-state index contributed by atoms with van der Waals surface area (Å²) in [5.41, 5.74) is 2.36. The molecule has 1 aromatic carbocycles. The fourth-order valence-electron chi connectivity index (χ4n) is 2.93. The molecule has 128 valence electrons. The fraction of sp³-hybridized carbons (Fsp3) is 0.444. The average molecular weight is 344 g/mol. The van der Waals surface area contributed by atoms with E-state index in [9.17, 15) is 4.79 Å². The summed E-state index contributed by atoms with van der Waals surface area (Å²) in [5.74, 6) is -0.00752. The number of hydrogen-bond acceptors (Lipinski definition) is 5. The van der Waals surface area contributed by atoms with E-state index in [4.69, 9.17) is 0 Å². The zero-order valence-corrected chi connectivity index (χ0v) is 15.1. The number of anilines is 1. The number of benzene rings is 1. The Kier molecular flexibility index (Phi) is 5.60. The van der Waals surface area contributed by atoms with Gasteiger partial charge in [-0.2, -0.15) is 0 Å². The van der Waals surface area contributed by atoms with Crippen molar-refractivity contribution in [2.24, 2.45) is 0 Å². The maximum absolute atomic E-state index is 12.2.